The second kappa shape index (κ2) is 5.54. The number of para-hydroxylation sites is 1. The van der Waals surface area contributed by atoms with E-state index < -0.39 is 0 Å². The molecule has 1 atom stereocenters. The van der Waals surface area contributed by atoms with Crippen LogP contribution in [-0.4, -0.2) is 35.8 Å². The standard InChI is InChI=1S/C13H16BrNO2/c1-17-12-5-3-2-4-10(12)8-13(16)15-7-6-11(14)9-15/h2-5,11H,6-9H2,1H3. The van der Waals surface area contributed by atoms with Crippen molar-refractivity contribution in [3.63, 3.8) is 0 Å². The molecule has 1 unspecified atom stereocenters. The highest BCUT2D eigenvalue weighted by Crippen LogP contribution is 2.21. The van der Waals surface area contributed by atoms with Gasteiger partial charge in [0, 0.05) is 23.5 Å². The van der Waals surface area contributed by atoms with Crippen LogP contribution in [0.4, 0.5) is 0 Å². The first-order chi connectivity index (χ1) is 8.20. The number of carbonyl (C=O) groups excluding carboxylic acids is 1. The van der Waals surface area contributed by atoms with Crippen molar-refractivity contribution in [2.24, 2.45) is 0 Å². The summed E-state index contributed by atoms with van der Waals surface area (Å²) in [5.41, 5.74) is 0.957. The van der Waals surface area contributed by atoms with E-state index in [0.29, 0.717) is 11.2 Å². The number of nitrogens with zero attached hydrogens (tertiary/aromatic N) is 1. The topological polar surface area (TPSA) is 29.5 Å². The third-order valence-corrected chi connectivity index (χ3v) is 3.77. The summed E-state index contributed by atoms with van der Waals surface area (Å²) >= 11 is 3.54. The van der Waals surface area contributed by atoms with Crippen molar-refractivity contribution in [1.82, 2.24) is 4.90 Å². The van der Waals surface area contributed by atoms with E-state index in [1.807, 2.05) is 29.2 Å². The Morgan fingerprint density at radius 3 is 2.94 bits per heavy atom. The second-order valence-electron chi connectivity index (χ2n) is 4.21. The van der Waals surface area contributed by atoms with Gasteiger partial charge in [-0.05, 0) is 12.5 Å². The van der Waals surface area contributed by atoms with Crippen molar-refractivity contribution < 1.29 is 9.53 Å². The summed E-state index contributed by atoms with van der Waals surface area (Å²) in [7, 11) is 1.63. The lowest BCUT2D eigenvalue weighted by atomic mass is 10.1. The summed E-state index contributed by atoms with van der Waals surface area (Å²) in [4.78, 5) is 14.4. The van der Waals surface area contributed by atoms with E-state index in [9.17, 15) is 4.79 Å². The molecule has 0 aromatic heterocycles. The zero-order chi connectivity index (χ0) is 12.3. The number of benzene rings is 1. The van der Waals surface area contributed by atoms with Gasteiger partial charge in [-0.15, -0.1) is 0 Å². The molecule has 0 spiro atoms. The molecule has 1 heterocycles. The molecule has 17 heavy (non-hydrogen) atoms. The third-order valence-electron chi connectivity index (χ3n) is 3.02. The molecule has 1 amide bonds. The number of carbonyl (C=O) groups is 1. The van der Waals surface area contributed by atoms with E-state index in [4.69, 9.17) is 4.74 Å². The van der Waals surface area contributed by atoms with Crippen LogP contribution in [0.3, 0.4) is 0 Å². The lowest BCUT2D eigenvalue weighted by Crippen LogP contribution is -2.30. The van der Waals surface area contributed by atoms with Crippen LogP contribution in [0, 0.1) is 0 Å². The first-order valence-electron chi connectivity index (χ1n) is 5.74. The number of halogens is 1. The number of likely N-dealkylation sites (tertiary alicyclic amines) is 1. The molecule has 0 bridgehead atoms. The molecular weight excluding hydrogens is 282 g/mol. The van der Waals surface area contributed by atoms with Gasteiger partial charge in [0.2, 0.25) is 5.91 Å². The van der Waals surface area contributed by atoms with Gasteiger partial charge in [-0.25, -0.2) is 0 Å². The Kier molecular flexibility index (Phi) is 4.05. The highest BCUT2D eigenvalue weighted by Gasteiger charge is 2.24. The average Bonchev–Trinajstić information content (AvgIpc) is 2.77. The molecule has 1 aliphatic heterocycles. The van der Waals surface area contributed by atoms with Gasteiger partial charge < -0.3 is 9.64 Å². The quantitative estimate of drug-likeness (QED) is 0.801. The van der Waals surface area contributed by atoms with Crippen LogP contribution in [0.5, 0.6) is 5.75 Å². The van der Waals surface area contributed by atoms with E-state index in [-0.39, 0.29) is 5.91 Å². The Balaban J connectivity index is 2.03. The SMILES string of the molecule is COc1ccccc1CC(=O)N1CCC(Br)C1. The predicted molar refractivity (Wildman–Crippen MR) is 70.6 cm³/mol. The Morgan fingerprint density at radius 2 is 2.29 bits per heavy atom. The summed E-state index contributed by atoms with van der Waals surface area (Å²) in [6.07, 6.45) is 1.46. The minimum atomic E-state index is 0.177. The maximum absolute atomic E-state index is 12.1. The third kappa shape index (κ3) is 3.00. The lowest BCUT2D eigenvalue weighted by Gasteiger charge is -2.16. The highest BCUT2D eigenvalue weighted by molar-refractivity contribution is 9.09. The smallest absolute Gasteiger partial charge is 0.227 e. The van der Waals surface area contributed by atoms with E-state index in [1.54, 1.807) is 7.11 Å². The lowest BCUT2D eigenvalue weighted by molar-refractivity contribution is -0.129. The molecule has 1 aromatic rings. The minimum absolute atomic E-state index is 0.177. The second-order valence-corrected chi connectivity index (χ2v) is 5.51. The van der Waals surface area contributed by atoms with Gasteiger partial charge in [0.15, 0.2) is 0 Å². The first kappa shape index (κ1) is 12.4. The van der Waals surface area contributed by atoms with Gasteiger partial charge in [0.1, 0.15) is 5.75 Å². The van der Waals surface area contributed by atoms with Crippen molar-refractivity contribution in [2.45, 2.75) is 17.7 Å². The summed E-state index contributed by atoms with van der Waals surface area (Å²) in [5.74, 6) is 0.965. The van der Waals surface area contributed by atoms with Crippen LogP contribution in [0.2, 0.25) is 0 Å². The first-order valence-corrected chi connectivity index (χ1v) is 6.66. The van der Waals surface area contributed by atoms with Gasteiger partial charge in [-0.1, -0.05) is 34.1 Å². The molecule has 3 nitrogen and oxygen atoms in total. The van der Waals surface area contributed by atoms with Gasteiger partial charge >= 0.3 is 0 Å². The normalized spacial score (nSPS) is 19.4. The molecule has 1 saturated heterocycles. The van der Waals surface area contributed by atoms with Crippen molar-refractivity contribution in [2.75, 3.05) is 20.2 Å². The Hall–Kier alpha value is -1.03. The molecular formula is C13H16BrNO2. The van der Waals surface area contributed by atoms with Crippen LogP contribution in [0.1, 0.15) is 12.0 Å². The predicted octanol–water partition coefficient (Wildman–Crippen LogP) is 2.23. The number of methoxy groups -OCH3 is 1. The van der Waals surface area contributed by atoms with Crippen LogP contribution < -0.4 is 4.74 Å². The summed E-state index contributed by atoms with van der Waals surface area (Å²) in [5, 5.41) is 0. The Labute approximate surface area is 110 Å². The van der Waals surface area contributed by atoms with Gasteiger partial charge in [0.05, 0.1) is 13.5 Å². The Bertz CT molecular complexity index is 408. The van der Waals surface area contributed by atoms with Crippen LogP contribution in [0.15, 0.2) is 24.3 Å². The van der Waals surface area contributed by atoms with Crippen LogP contribution in [-0.2, 0) is 11.2 Å². The number of hydrogen-bond acceptors (Lipinski definition) is 2. The van der Waals surface area contributed by atoms with Gasteiger partial charge in [-0.2, -0.15) is 0 Å². The number of amides is 1. The number of alkyl halides is 1. The largest absolute Gasteiger partial charge is 0.496 e. The number of hydrogen-bond donors (Lipinski definition) is 0. The molecule has 92 valence electrons. The van der Waals surface area contributed by atoms with Gasteiger partial charge in [0.25, 0.3) is 0 Å². The van der Waals surface area contributed by atoms with E-state index in [2.05, 4.69) is 15.9 Å². The van der Waals surface area contributed by atoms with Crippen molar-refractivity contribution in [1.29, 1.82) is 0 Å². The summed E-state index contributed by atoms with van der Waals surface area (Å²) in [6, 6.07) is 7.68. The molecule has 1 fully saturated rings. The maximum atomic E-state index is 12.1. The molecule has 0 radical (unpaired) electrons. The van der Waals surface area contributed by atoms with Crippen LogP contribution in [0.25, 0.3) is 0 Å². The number of ether oxygens (including phenoxy) is 1. The van der Waals surface area contributed by atoms with Crippen molar-refractivity contribution >= 4 is 21.8 Å². The van der Waals surface area contributed by atoms with E-state index >= 15 is 0 Å². The maximum Gasteiger partial charge on any atom is 0.227 e. The molecule has 2 rings (SSSR count). The fraction of sp³-hybridized carbons (Fsp3) is 0.462. The number of rotatable bonds is 3. The zero-order valence-electron chi connectivity index (χ0n) is 9.86. The van der Waals surface area contributed by atoms with Gasteiger partial charge in [-0.3, -0.25) is 4.79 Å². The molecule has 0 aliphatic carbocycles. The van der Waals surface area contributed by atoms with E-state index in [0.717, 1.165) is 30.8 Å². The molecule has 1 aliphatic rings. The fourth-order valence-corrected chi connectivity index (χ4v) is 2.62. The highest BCUT2D eigenvalue weighted by atomic mass is 79.9. The van der Waals surface area contributed by atoms with Crippen LogP contribution >= 0.6 is 15.9 Å². The van der Waals surface area contributed by atoms with Crippen molar-refractivity contribution in [3.8, 4) is 5.75 Å². The van der Waals surface area contributed by atoms with Crippen molar-refractivity contribution in [3.05, 3.63) is 29.8 Å². The molecule has 1 aromatic carbocycles. The minimum Gasteiger partial charge on any atom is -0.496 e. The zero-order valence-corrected chi connectivity index (χ0v) is 11.4. The summed E-state index contributed by atoms with van der Waals surface area (Å²) in [6.45, 7) is 1.66. The summed E-state index contributed by atoms with van der Waals surface area (Å²) < 4.78 is 5.25. The molecule has 4 heteroatoms. The molecule has 0 saturated carbocycles. The Morgan fingerprint density at radius 1 is 1.53 bits per heavy atom. The molecule has 0 N–H and O–H groups in total. The monoisotopic (exact) mass is 297 g/mol. The van der Waals surface area contributed by atoms with E-state index in [1.165, 1.54) is 0 Å². The fourth-order valence-electron chi connectivity index (χ4n) is 2.07. The average molecular weight is 298 g/mol.